The Balaban J connectivity index is 1.76. The van der Waals surface area contributed by atoms with Crippen molar-refractivity contribution in [2.45, 2.75) is 17.9 Å². The summed E-state index contributed by atoms with van der Waals surface area (Å²) in [6, 6.07) is 21.2. The van der Waals surface area contributed by atoms with E-state index in [9.17, 15) is 13.2 Å². The van der Waals surface area contributed by atoms with Gasteiger partial charge < -0.3 is 4.74 Å². The summed E-state index contributed by atoms with van der Waals surface area (Å²) in [5, 5.41) is 0.507. The Hall–Kier alpha value is -2.83. The molecular formula is C21H18ClNO4S. The monoisotopic (exact) mass is 415 g/mol. The standard InChI is InChI=1S/C21H18ClNO4S/c1-15(19-12-5-6-13-20(19)22)27-21(24)16-8-7-9-17(14-16)23-28(25,26)18-10-3-2-4-11-18/h2-15,23H,1H3/t15-/m0/s1. The molecule has 0 aliphatic carbocycles. The van der Waals surface area contributed by atoms with Crippen LogP contribution in [0, 0.1) is 0 Å². The highest BCUT2D eigenvalue weighted by Gasteiger charge is 2.18. The number of benzene rings is 3. The second-order valence-corrected chi connectivity index (χ2v) is 8.16. The van der Waals surface area contributed by atoms with E-state index in [0.29, 0.717) is 10.6 Å². The van der Waals surface area contributed by atoms with Gasteiger partial charge in [-0.3, -0.25) is 4.72 Å². The van der Waals surface area contributed by atoms with Crippen molar-refractivity contribution in [3.8, 4) is 0 Å². The lowest BCUT2D eigenvalue weighted by Crippen LogP contribution is -2.14. The molecule has 28 heavy (non-hydrogen) atoms. The average Bonchev–Trinajstić information content (AvgIpc) is 2.69. The van der Waals surface area contributed by atoms with E-state index in [0.717, 1.165) is 0 Å². The molecule has 0 amide bonds. The fourth-order valence-corrected chi connectivity index (χ4v) is 3.98. The zero-order valence-electron chi connectivity index (χ0n) is 15.0. The minimum Gasteiger partial charge on any atom is -0.454 e. The number of carbonyl (C=O) groups is 1. The molecule has 1 N–H and O–H groups in total. The van der Waals surface area contributed by atoms with Gasteiger partial charge in [0.2, 0.25) is 0 Å². The molecule has 0 saturated carbocycles. The Morgan fingerprint density at radius 2 is 1.64 bits per heavy atom. The van der Waals surface area contributed by atoms with Crippen LogP contribution in [0.4, 0.5) is 5.69 Å². The van der Waals surface area contributed by atoms with Crippen molar-refractivity contribution in [3.63, 3.8) is 0 Å². The van der Waals surface area contributed by atoms with E-state index in [2.05, 4.69) is 4.72 Å². The Morgan fingerprint density at radius 1 is 0.964 bits per heavy atom. The number of esters is 1. The first-order chi connectivity index (χ1) is 13.4. The summed E-state index contributed by atoms with van der Waals surface area (Å²) in [5.41, 5.74) is 1.19. The molecule has 0 unspecified atom stereocenters. The molecular weight excluding hydrogens is 398 g/mol. The minimum atomic E-state index is -3.75. The van der Waals surface area contributed by atoms with Crippen molar-refractivity contribution in [1.82, 2.24) is 0 Å². The molecule has 3 rings (SSSR count). The maximum atomic E-state index is 12.5. The summed E-state index contributed by atoms with van der Waals surface area (Å²) in [6.45, 7) is 1.72. The maximum absolute atomic E-state index is 12.5. The van der Waals surface area contributed by atoms with Crippen molar-refractivity contribution >= 4 is 33.3 Å². The van der Waals surface area contributed by atoms with Crippen molar-refractivity contribution in [2.24, 2.45) is 0 Å². The lowest BCUT2D eigenvalue weighted by atomic mass is 10.1. The third-order valence-electron chi connectivity index (χ3n) is 4.03. The summed E-state index contributed by atoms with van der Waals surface area (Å²) >= 11 is 6.14. The number of sulfonamides is 1. The Kier molecular flexibility index (Phi) is 6.02. The fourth-order valence-electron chi connectivity index (χ4n) is 2.62. The predicted molar refractivity (Wildman–Crippen MR) is 109 cm³/mol. The van der Waals surface area contributed by atoms with Crippen LogP contribution >= 0.6 is 11.6 Å². The molecule has 144 valence electrons. The highest BCUT2D eigenvalue weighted by Crippen LogP contribution is 2.26. The van der Waals surface area contributed by atoms with Gasteiger partial charge in [0.1, 0.15) is 6.10 Å². The van der Waals surface area contributed by atoms with Gasteiger partial charge >= 0.3 is 5.97 Å². The first-order valence-electron chi connectivity index (χ1n) is 8.50. The maximum Gasteiger partial charge on any atom is 0.338 e. The van der Waals surface area contributed by atoms with Crippen LogP contribution in [-0.4, -0.2) is 14.4 Å². The van der Waals surface area contributed by atoms with Crippen LogP contribution in [-0.2, 0) is 14.8 Å². The Bertz CT molecular complexity index is 1080. The van der Waals surface area contributed by atoms with Gasteiger partial charge in [-0.05, 0) is 43.3 Å². The second-order valence-electron chi connectivity index (χ2n) is 6.07. The quantitative estimate of drug-likeness (QED) is 0.571. The highest BCUT2D eigenvalue weighted by molar-refractivity contribution is 7.92. The van der Waals surface area contributed by atoms with Crippen molar-refractivity contribution in [3.05, 3.63) is 95.0 Å². The van der Waals surface area contributed by atoms with Gasteiger partial charge in [0.15, 0.2) is 0 Å². The molecule has 3 aromatic carbocycles. The van der Waals surface area contributed by atoms with Gasteiger partial charge in [-0.25, -0.2) is 13.2 Å². The van der Waals surface area contributed by atoms with E-state index in [1.54, 1.807) is 61.5 Å². The summed E-state index contributed by atoms with van der Waals surface area (Å²) in [6.07, 6.45) is -0.550. The molecule has 1 atom stereocenters. The number of halogens is 1. The van der Waals surface area contributed by atoms with Gasteiger partial charge in [0.25, 0.3) is 10.0 Å². The topological polar surface area (TPSA) is 72.5 Å². The molecule has 0 fully saturated rings. The van der Waals surface area contributed by atoms with Gasteiger partial charge in [0.05, 0.1) is 10.5 Å². The molecule has 0 heterocycles. The van der Waals surface area contributed by atoms with Gasteiger partial charge in [-0.2, -0.15) is 0 Å². The van der Waals surface area contributed by atoms with E-state index in [1.165, 1.54) is 18.2 Å². The van der Waals surface area contributed by atoms with E-state index >= 15 is 0 Å². The molecule has 0 bridgehead atoms. The average molecular weight is 416 g/mol. The molecule has 0 radical (unpaired) electrons. The third-order valence-corrected chi connectivity index (χ3v) is 5.77. The summed E-state index contributed by atoms with van der Waals surface area (Å²) in [4.78, 5) is 12.6. The summed E-state index contributed by atoms with van der Waals surface area (Å²) in [5.74, 6) is -0.576. The number of hydrogen-bond donors (Lipinski definition) is 1. The van der Waals surface area contributed by atoms with Crippen LogP contribution in [0.25, 0.3) is 0 Å². The van der Waals surface area contributed by atoms with E-state index in [-0.39, 0.29) is 16.1 Å². The smallest absolute Gasteiger partial charge is 0.338 e. The summed E-state index contributed by atoms with van der Waals surface area (Å²) < 4.78 is 32.8. The second kappa shape index (κ2) is 8.46. The molecule has 0 spiro atoms. The molecule has 5 nitrogen and oxygen atoms in total. The molecule has 3 aromatic rings. The molecule has 7 heteroatoms. The lowest BCUT2D eigenvalue weighted by molar-refractivity contribution is 0.0338. The Morgan fingerprint density at radius 3 is 2.36 bits per heavy atom. The van der Waals surface area contributed by atoms with Gasteiger partial charge in [0, 0.05) is 16.3 Å². The number of rotatable bonds is 6. The lowest BCUT2D eigenvalue weighted by Gasteiger charge is -2.15. The number of hydrogen-bond acceptors (Lipinski definition) is 4. The van der Waals surface area contributed by atoms with E-state index in [1.807, 2.05) is 6.07 Å². The normalized spacial score (nSPS) is 12.2. The SMILES string of the molecule is C[C@H](OC(=O)c1cccc(NS(=O)(=O)c2ccccc2)c1)c1ccccc1Cl. The van der Waals surface area contributed by atoms with Crippen LogP contribution in [0.2, 0.25) is 5.02 Å². The van der Waals surface area contributed by atoms with Crippen molar-refractivity contribution < 1.29 is 17.9 Å². The number of nitrogens with one attached hydrogen (secondary N) is 1. The number of anilines is 1. The molecule has 0 saturated heterocycles. The zero-order chi connectivity index (χ0) is 20.1. The molecule has 0 aliphatic heterocycles. The van der Waals surface area contributed by atoms with Crippen LogP contribution in [0.1, 0.15) is 28.9 Å². The first-order valence-corrected chi connectivity index (χ1v) is 10.4. The van der Waals surface area contributed by atoms with Crippen LogP contribution in [0.15, 0.2) is 83.8 Å². The van der Waals surface area contributed by atoms with Crippen LogP contribution in [0.3, 0.4) is 0 Å². The largest absolute Gasteiger partial charge is 0.454 e. The van der Waals surface area contributed by atoms with Crippen molar-refractivity contribution in [1.29, 1.82) is 0 Å². The van der Waals surface area contributed by atoms with Gasteiger partial charge in [-0.1, -0.05) is 54.1 Å². The Labute approximate surface area is 169 Å². The van der Waals surface area contributed by atoms with Crippen LogP contribution < -0.4 is 4.72 Å². The first kappa shape index (κ1) is 19.9. The van der Waals surface area contributed by atoms with E-state index in [4.69, 9.17) is 16.3 Å². The molecule has 0 aliphatic rings. The predicted octanol–water partition coefficient (Wildman–Crippen LogP) is 5.06. The minimum absolute atomic E-state index is 0.135. The number of ether oxygens (including phenoxy) is 1. The summed E-state index contributed by atoms with van der Waals surface area (Å²) in [7, 11) is -3.75. The van der Waals surface area contributed by atoms with Crippen molar-refractivity contribution in [2.75, 3.05) is 4.72 Å². The highest BCUT2D eigenvalue weighted by atomic mass is 35.5. The van der Waals surface area contributed by atoms with Crippen LogP contribution in [0.5, 0.6) is 0 Å². The third kappa shape index (κ3) is 4.71. The molecule has 0 aromatic heterocycles. The fraction of sp³-hybridized carbons (Fsp3) is 0.0952. The van der Waals surface area contributed by atoms with Gasteiger partial charge in [-0.15, -0.1) is 0 Å². The van der Waals surface area contributed by atoms with E-state index < -0.39 is 22.1 Å². The zero-order valence-corrected chi connectivity index (χ0v) is 16.6. The number of carbonyl (C=O) groups excluding carboxylic acids is 1.